The van der Waals surface area contributed by atoms with Crippen LogP contribution in [0.15, 0.2) is 35.9 Å². The quantitative estimate of drug-likeness (QED) is 0.196. The Labute approximate surface area is 314 Å². The minimum atomic E-state index is -3.93. The van der Waals surface area contributed by atoms with Gasteiger partial charge in [0.25, 0.3) is 5.91 Å². The molecule has 9 nitrogen and oxygen atoms in total. The highest BCUT2D eigenvalue weighted by Gasteiger charge is 2.39. The Balaban J connectivity index is 0.000000674. The number of benzene rings is 2. The number of aromatic nitrogens is 2. The first-order valence-electron chi connectivity index (χ1n) is 16.0. The molecule has 1 aliphatic rings. The van der Waals surface area contributed by atoms with Gasteiger partial charge in [-0.25, -0.2) is 4.98 Å². The molecule has 0 atom stereocenters. The van der Waals surface area contributed by atoms with Gasteiger partial charge in [-0.2, -0.15) is 18.4 Å². The van der Waals surface area contributed by atoms with E-state index < -0.39 is 23.4 Å². The van der Waals surface area contributed by atoms with Gasteiger partial charge in [0, 0.05) is 31.1 Å². The number of hydrogen-bond acceptors (Lipinski definition) is 6. The van der Waals surface area contributed by atoms with Crippen molar-refractivity contribution in [2.75, 3.05) is 23.8 Å². The zero-order valence-corrected chi connectivity index (χ0v) is 31.5. The Bertz CT molecular complexity index is 1710. The molecule has 1 heterocycles. The largest absolute Gasteiger partial charge is 0.391 e. The second-order valence-corrected chi connectivity index (χ2v) is 14.3. The maximum absolute atomic E-state index is 12.3. The van der Waals surface area contributed by atoms with Crippen LogP contribution in [0.3, 0.4) is 0 Å². The van der Waals surface area contributed by atoms with Crippen molar-refractivity contribution in [2.45, 2.75) is 86.4 Å². The maximum Gasteiger partial charge on any atom is 0.391 e. The summed E-state index contributed by atoms with van der Waals surface area (Å²) >= 11 is 18.4. The monoisotopic (exact) mass is 773 g/mol. The summed E-state index contributed by atoms with van der Waals surface area (Å²) in [5.41, 5.74) is 8.18. The van der Waals surface area contributed by atoms with Crippen LogP contribution in [-0.2, 0) is 18.4 Å². The molecule has 51 heavy (non-hydrogen) atoms. The van der Waals surface area contributed by atoms with Crippen molar-refractivity contribution >= 4 is 75.0 Å². The van der Waals surface area contributed by atoms with E-state index >= 15 is 0 Å². The third-order valence-electron chi connectivity index (χ3n) is 7.96. The molecule has 4 N–H and O–H groups in total. The first kappa shape index (κ1) is 45.4. The zero-order valence-electron chi connectivity index (χ0n) is 29.2. The number of aryl methyl sites for hydroxylation is 1. The second-order valence-electron chi connectivity index (χ2n) is 12.9. The standard InChI is InChI=1S/C24H27Cl2N7O2.C7H11F3.C4H7Cl.CH4/c1-24(2,3)22(35)29-12-13-6-7-15(25)20(19(13)26)31-23-30-16-10-14(21(28)34)17(32(4)9-8-27)11-18(16)33(23)5;8-7(9,10)6-4-2-1-3-5-6;1-3-4(2)5;/h6-7,10-11H,9,12H2,1-5H3,(H2,28,34)(H,29,35)(H,30,31);6H,1-5H2;2-3H2,1H3;1H4. The number of fused-ring (bicyclic) bond motifs is 1. The highest BCUT2D eigenvalue weighted by Crippen LogP contribution is 2.38. The van der Waals surface area contributed by atoms with Crippen LogP contribution >= 0.6 is 34.8 Å². The van der Waals surface area contributed by atoms with E-state index in [4.69, 9.17) is 45.8 Å². The highest BCUT2D eigenvalue weighted by atomic mass is 35.5. The predicted molar refractivity (Wildman–Crippen MR) is 204 cm³/mol. The van der Waals surface area contributed by atoms with Gasteiger partial charge < -0.3 is 25.8 Å². The van der Waals surface area contributed by atoms with Gasteiger partial charge in [0.05, 0.1) is 50.0 Å². The summed E-state index contributed by atoms with van der Waals surface area (Å²) in [7, 11) is 3.50. The Morgan fingerprint density at radius 2 is 1.75 bits per heavy atom. The second kappa shape index (κ2) is 19.8. The molecule has 1 saturated carbocycles. The lowest BCUT2D eigenvalue weighted by molar-refractivity contribution is -0.181. The van der Waals surface area contributed by atoms with Gasteiger partial charge >= 0.3 is 6.18 Å². The summed E-state index contributed by atoms with van der Waals surface area (Å²) in [5, 5.41) is 16.6. The first-order valence-corrected chi connectivity index (χ1v) is 17.2. The molecule has 0 unspecified atom stereocenters. The molecule has 0 aliphatic heterocycles. The van der Waals surface area contributed by atoms with Crippen LogP contribution in [0.4, 0.5) is 30.5 Å². The zero-order chi connectivity index (χ0) is 38.0. The van der Waals surface area contributed by atoms with Crippen molar-refractivity contribution < 1.29 is 22.8 Å². The molecule has 1 aromatic heterocycles. The van der Waals surface area contributed by atoms with Crippen molar-refractivity contribution in [3.05, 3.63) is 57.0 Å². The van der Waals surface area contributed by atoms with E-state index in [1.807, 2.05) is 27.7 Å². The molecule has 0 radical (unpaired) electrons. The number of nitrogens with two attached hydrogens (primary N) is 1. The van der Waals surface area contributed by atoms with Crippen molar-refractivity contribution in [1.29, 1.82) is 5.26 Å². The van der Waals surface area contributed by atoms with E-state index in [0.29, 0.717) is 56.8 Å². The number of nitriles is 1. The lowest BCUT2D eigenvalue weighted by atomic mass is 9.89. The van der Waals surface area contributed by atoms with Crippen molar-refractivity contribution in [3.8, 4) is 6.07 Å². The number of nitrogens with zero attached hydrogens (tertiary/aromatic N) is 4. The fraction of sp³-hybridized carbons (Fsp3) is 0.500. The van der Waals surface area contributed by atoms with Gasteiger partial charge in [-0.15, -0.1) is 0 Å². The van der Waals surface area contributed by atoms with Crippen LogP contribution in [0, 0.1) is 22.7 Å². The molecule has 0 bridgehead atoms. The average molecular weight is 775 g/mol. The number of imidazole rings is 1. The van der Waals surface area contributed by atoms with Gasteiger partial charge in [0.1, 0.15) is 6.54 Å². The third-order valence-corrected chi connectivity index (χ3v) is 8.98. The van der Waals surface area contributed by atoms with Crippen LogP contribution in [0.25, 0.3) is 11.0 Å². The lowest BCUT2D eigenvalue weighted by Crippen LogP contribution is -2.34. The minimum Gasteiger partial charge on any atom is -0.366 e. The lowest BCUT2D eigenvalue weighted by Gasteiger charge is -2.23. The molecule has 4 rings (SSSR count). The molecular formula is C36H49Cl3F3N7O2. The van der Waals surface area contributed by atoms with E-state index in [1.165, 1.54) is 0 Å². The Morgan fingerprint density at radius 1 is 1.16 bits per heavy atom. The minimum absolute atomic E-state index is 0. The summed E-state index contributed by atoms with van der Waals surface area (Å²) in [6.45, 7) is 11.2. The molecule has 1 aliphatic carbocycles. The van der Waals surface area contributed by atoms with Crippen molar-refractivity contribution in [2.24, 2.45) is 24.1 Å². The van der Waals surface area contributed by atoms with Gasteiger partial charge in [-0.1, -0.05) is 102 Å². The SMILES string of the molecule is C.C=C(Cl)CC.CN(CC#N)c1cc2c(cc1C(N)=O)nc(Nc1c(Cl)ccc(CNC(=O)C(C)(C)C)c1Cl)n2C.FC(F)(F)C1CCCCC1. The van der Waals surface area contributed by atoms with E-state index in [1.54, 1.807) is 47.8 Å². The number of halogens is 6. The summed E-state index contributed by atoms with van der Waals surface area (Å²) in [4.78, 5) is 30.5. The number of anilines is 3. The number of amides is 2. The third kappa shape index (κ3) is 13.1. The van der Waals surface area contributed by atoms with Gasteiger partial charge in [0.2, 0.25) is 11.9 Å². The van der Waals surface area contributed by atoms with Crippen LogP contribution in [0.1, 0.15) is 89.6 Å². The van der Waals surface area contributed by atoms with E-state index in [9.17, 15) is 22.8 Å². The molecule has 0 spiro atoms. The van der Waals surface area contributed by atoms with Crippen LogP contribution in [0.2, 0.25) is 10.0 Å². The Hall–Kier alpha value is -3.66. The molecule has 3 aromatic rings. The van der Waals surface area contributed by atoms with Crippen LogP contribution in [-0.4, -0.2) is 41.1 Å². The smallest absolute Gasteiger partial charge is 0.366 e. The molecule has 1 fully saturated rings. The molecule has 282 valence electrons. The van der Waals surface area contributed by atoms with Gasteiger partial charge in [-0.05, 0) is 43.0 Å². The summed E-state index contributed by atoms with van der Waals surface area (Å²) in [5.74, 6) is -1.30. The Morgan fingerprint density at radius 3 is 2.22 bits per heavy atom. The normalized spacial score (nSPS) is 13.0. The van der Waals surface area contributed by atoms with Crippen molar-refractivity contribution in [3.63, 3.8) is 0 Å². The van der Waals surface area contributed by atoms with Crippen LogP contribution in [0.5, 0.6) is 0 Å². The average Bonchev–Trinajstić information content (AvgIpc) is 3.35. The molecule has 2 aromatic carbocycles. The maximum atomic E-state index is 12.3. The topological polar surface area (TPSA) is 129 Å². The fourth-order valence-electron chi connectivity index (χ4n) is 4.87. The molecular weight excluding hydrogens is 726 g/mol. The molecule has 0 saturated heterocycles. The number of alkyl halides is 3. The molecule has 15 heteroatoms. The van der Waals surface area contributed by atoms with E-state index in [-0.39, 0.29) is 32.0 Å². The van der Waals surface area contributed by atoms with Gasteiger partial charge in [0.15, 0.2) is 0 Å². The number of rotatable bonds is 8. The molecule has 2 amide bonds. The summed E-state index contributed by atoms with van der Waals surface area (Å²) < 4.78 is 37.6. The summed E-state index contributed by atoms with van der Waals surface area (Å²) in [6.07, 6.45) is 0.135. The van der Waals surface area contributed by atoms with E-state index in [2.05, 4.69) is 28.3 Å². The first-order chi connectivity index (χ1) is 23.2. The van der Waals surface area contributed by atoms with Crippen LogP contribution < -0.4 is 21.3 Å². The number of allylic oxidation sites excluding steroid dienone is 1. The predicted octanol–water partition coefficient (Wildman–Crippen LogP) is 10.3. The Kier molecular flexibility index (Phi) is 17.6. The highest BCUT2D eigenvalue weighted by molar-refractivity contribution is 6.39. The van der Waals surface area contributed by atoms with E-state index in [0.717, 1.165) is 30.7 Å². The van der Waals surface area contributed by atoms with Crippen molar-refractivity contribution in [1.82, 2.24) is 14.9 Å². The summed E-state index contributed by atoms with van der Waals surface area (Å²) in [6, 6.07) is 8.85. The number of primary amides is 1. The number of nitrogens with one attached hydrogen (secondary N) is 2. The fourth-order valence-corrected chi connectivity index (χ4v) is 5.40. The van der Waals surface area contributed by atoms with Gasteiger partial charge in [-0.3, -0.25) is 9.59 Å². The number of hydrogen-bond donors (Lipinski definition) is 3. The number of carbonyl (C=O) groups excluding carboxylic acids is 2. The number of carbonyl (C=O) groups is 2.